The maximum absolute atomic E-state index is 12.7. The molecule has 7 atom stereocenters. The molecule has 1 saturated heterocycles. The molecule has 0 spiro atoms. The number of thioether (sulfide) groups is 1. The summed E-state index contributed by atoms with van der Waals surface area (Å²) in [6, 6.07) is 0. The number of nitrogens with one attached hydrogen (secondary N) is 2. The number of carbonyl (C=O) groups excluding carboxylic acids is 3. The monoisotopic (exact) mass is 879 g/mol. The molecule has 1 aliphatic rings. The summed E-state index contributed by atoms with van der Waals surface area (Å²) in [5.41, 5.74) is 4.24. The molecule has 11 N–H and O–H groups in total. The molecular weight excluding hydrogens is 835 g/mol. The van der Waals surface area contributed by atoms with E-state index in [0.29, 0.717) is 12.8 Å². The highest BCUT2D eigenvalue weighted by Crippen LogP contribution is 2.61. The number of carbonyl (C=O) groups is 3. The van der Waals surface area contributed by atoms with Crippen molar-refractivity contribution in [3.8, 4) is 0 Å². The van der Waals surface area contributed by atoms with Crippen molar-refractivity contribution in [2.24, 2.45) is 5.41 Å². The summed E-state index contributed by atoms with van der Waals surface area (Å²) in [7, 11) is -16.4. The van der Waals surface area contributed by atoms with Crippen LogP contribution in [0.25, 0.3) is 11.2 Å². The van der Waals surface area contributed by atoms with Gasteiger partial charge < -0.3 is 56.0 Å². The lowest BCUT2D eigenvalue weighted by Crippen LogP contribution is -2.46. The van der Waals surface area contributed by atoms with E-state index in [1.54, 1.807) is 6.08 Å². The molecule has 29 heteroatoms. The Morgan fingerprint density at radius 3 is 2.46 bits per heavy atom. The molecule has 1 fully saturated rings. The zero-order valence-electron chi connectivity index (χ0n) is 29.8. The minimum absolute atomic E-state index is 0.0174. The number of phosphoric ester groups is 3. The molecular formula is C27H44N7O18P3S. The van der Waals surface area contributed by atoms with Crippen molar-refractivity contribution in [1.29, 1.82) is 0 Å². The minimum atomic E-state index is -5.58. The molecule has 0 saturated carbocycles. The Morgan fingerprint density at radius 1 is 1.09 bits per heavy atom. The molecule has 3 heterocycles. The Morgan fingerprint density at radius 2 is 1.79 bits per heavy atom. The lowest BCUT2D eigenvalue weighted by Gasteiger charge is -2.30. The molecule has 2 amide bonds. The molecule has 0 aromatic carbocycles. The number of unbranched alkanes of at least 4 members (excludes halogenated alkanes) is 1. The van der Waals surface area contributed by atoms with Crippen molar-refractivity contribution >= 4 is 69.1 Å². The van der Waals surface area contributed by atoms with Crippen molar-refractivity contribution in [3.63, 3.8) is 0 Å². The molecule has 0 aliphatic carbocycles. The van der Waals surface area contributed by atoms with E-state index in [1.807, 2.05) is 0 Å². The van der Waals surface area contributed by atoms with Crippen molar-refractivity contribution in [3.05, 3.63) is 24.8 Å². The fraction of sp³-hybridized carbons (Fsp3) is 0.630. The standard InChI is InChI=1S/C27H44N7O18P3S/c1-27(2,22(39)25(40)30-8-7-17(36)29-9-11-56-18(37)6-4-3-5-10-35)13-49-55(46,47)52-54(44,45)48-12-16-21(51-53(41,42)43)20(38)26(50-16)34-15-33-19-23(28)31-14-32-24(19)34/h4,6,14-16,20-22,26,35,38-39H,3,5,7-13H2,1-2H3,(H,29,36)(H,30,40)(H,44,45)(H,46,47)(H2,28,31,32)(H2,41,42,43)/t16-,20-,21-,22?,26-/m1/s1. The lowest BCUT2D eigenvalue weighted by atomic mass is 9.87. The number of hydrogen-bond acceptors (Lipinski definition) is 19. The molecule has 2 aromatic heterocycles. The number of aliphatic hydroxyl groups excluding tert-OH is 3. The number of imidazole rings is 1. The highest BCUT2D eigenvalue weighted by molar-refractivity contribution is 8.14. The van der Waals surface area contributed by atoms with Crippen LogP contribution in [-0.2, 0) is 50.7 Å². The minimum Gasteiger partial charge on any atom is -0.396 e. The van der Waals surface area contributed by atoms with E-state index in [0.717, 1.165) is 29.0 Å². The first kappa shape index (κ1) is 47.6. The number of anilines is 1. The molecule has 25 nitrogen and oxygen atoms in total. The zero-order valence-corrected chi connectivity index (χ0v) is 33.3. The first-order valence-corrected chi connectivity index (χ1v) is 21.9. The van der Waals surface area contributed by atoms with Gasteiger partial charge in [-0.2, -0.15) is 4.31 Å². The zero-order chi connectivity index (χ0) is 41.9. The van der Waals surface area contributed by atoms with Crippen molar-refractivity contribution in [2.45, 2.75) is 63.8 Å². The predicted molar refractivity (Wildman–Crippen MR) is 193 cm³/mol. The van der Waals surface area contributed by atoms with Crippen LogP contribution < -0.4 is 16.4 Å². The second-order valence-corrected chi connectivity index (χ2v) is 17.8. The quantitative estimate of drug-likeness (QED) is 0.0363. The second kappa shape index (κ2) is 20.8. The molecule has 56 heavy (non-hydrogen) atoms. The van der Waals surface area contributed by atoms with Gasteiger partial charge in [0.2, 0.25) is 16.9 Å². The molecule has 0 bridgehead atoms. The fourth-order valence-corrected chi connectivity index (χ4v) is 8.15. The van der Waals surface area contributed by atoms with Gasteiger partial charge >= 0.3 is 23.5 Å². The van der Waals surface area contributed by atoms with Crippen LogP contribution in [0.3, 0.4) is 0 Å². The number of aliphatic hydroxyl groups is 3. The topological polar surface area (TPSA) is 384 Å². The number of nitrogens with two attached hydrogens (primary N) is 1. The van der Waals surface area contributed by atoms with Crippen LogP contribution in [0.15, 0.2) is 24.8 Å². The van der Waals surface area contributed by atoms with Gasteiger partial charge in [0, 0.05) is 37.3 Å². The van der Waals surface area contributed by atoms with Gasteiger partial charge in [-0.1, -0.05) is 31.7 Å². The highest BCUT2D eigenvalue weighted by Gasteiger charge is 2.50. The Hall–Kier alpha value is -2.74. The van der Waals surface area contributed by atoms with E-state index in [9.17, 15) is 57.9 Å². The number of ether oxygens (including phenoxy) is 1. The van der Waals surface area contributed by atoms with Gasteiger partial charge in [0.25, 0.3) is 0 Å². The maximum atomic E-state index is 12.7. The van der Waals surface area contributed by atoms with Gasteiger partial charge in [0.15, 0.2) is 17.7 Å². The number of phosphoric acid groups is 3. The third-order valence-electron chi connectivity index (χ3n) is 7.53. The van der Waals surface area contributed by atoms with Crippen LogP contribution in [0.4, 0.5) is 5.82 Å². The summed E-state index contributed by atoms with van der Waals surface area (Å²) in [5.74, 6) is -1.21. The SMILES string of the molecule is CC(C)(COP(=O)(O)OP(=O)(O)OC[C@H]1O[C@@H](n2cnc3c(N)ncnc32)[C@H](O)[C@@H]1OP(=O)(O)O)C(O)C(=O)NCCC(=O)NCCSC(=O)C=CCCCO. The largest absolute Gasteiger partial charge is 0.481 e. The summed E-state index contributed by atoms with van der Waals surface area (Å²) >= 11 is 0.979. The van der Waals surface area contributed by atoms with Crippen LogP contribution in [0.5, 0.6) is 0 Å². The third kappa shape index (κ3) is 14.9. The van der Waals surface area contributed by atoms with E-state index >= 15 is 0 Å². The van der Waals surface area contributed by atoms with Crippen LogP contribution in [0.1, 0.15) is 39.3 Å². The van der Waals surface area contributed by atoms with Gasteiger partial charge in [-0.3, -0.25) is 32.5 Å². The van der Waals surface area contributed by atoms with Crippen LogP contribution in [0, 0.1) is 5.41 Å². The number of aromatic nitrogens is 4. The van der Waals surface area contributed by atoms with Gasteiger partial charge in [0.1, 0.15) is 36.3 Å². The molecule has 2 aromatic rings. The average Bonchev–Trinajstić information content (AvgIpc) is 3.66. The second-order valence-electron chi connectivity index (χ2n) is 12.5. The summed E-state index contributed by atoms with van der Waals surface area (Å²) in [6.07, 6.45) is -2.86. The molecule has 0 radical (unpaired) electrons. The van der Waals surface area contributed by atoms with Gasteiger partial charge in [-0.25, -0.2) is 28.6 Å². The van der Waals surface area contributed by atoms with E-state index < -0.39 is 84.6 Å². The lowest BCUT2D eigenvalue weighted by molar-refractivity contribution is -0.137. The smallest absolute Gasteiger partial charge is 0.396 e. The number of allylic oxidation sites excluding steroid dienone is 1. The van der Waals surface area contributed by atoms with E-state index in [-0.39, 0.29) is 54.0 Å². The first-order chi connectivity index (χ1) is 26.1. The van der Waals surface area contributed by atoms with E-state index in [1.165, 1.54) is 19.9 Å². The van der Waals surface area contributed by atoms with Crippen molar-refractivity contribution < 1.29 is 85.6 Å². The number of hydrogen-bond donors (Lipinski definition) is 10. The Labute approximate surface area is 322 Å². The van der Waals surface area contributed by atoms with Crippen LogP contribution in [-0.4, -0.2) is 134 Å². The van der Waals surface area contributed by atoms with E-state index in [2.05, 4.69) is 34.4 Å². The summed E-state index contributed by atoms with van der Waals surface area (Å²) < 4.78 is 62.0. The summed E-state index contributed by atoms with van der Waals surface area (Å²) in [6.45, 7) is 0.414. The first-order valence-electron chi connectivity index (χ1n) is 16.4. The van der Waals surface area contributed by atoms with Crippen LogP contribution >= 0.6 is 35.2 Å². The molecule has 3 rings (SSSR count). The number of rotatable bonds is 23. The van der Waals surface area contributed by atoms with Gasteiger partial charge in [0.05, 0.1) is 19.5 Å². The van der Waals surface area contributed by atoms with Crippen LogP contribution in [0.2, 0.25) is 0 Å². The maximum Gasteiger partial charge on any atom is 0.481 e. The van der Waals surface area contributed by atoms with E-state index in [4.69, 9.17) is 24.6 Å². The molecule has 3 unspecified atom stereocenters. The molecule has 1 aliphatic heterocycles. The number of nitrogens with zero attached hydrogens (tertiary/aromatic N) is 4. The fourth-order valence-electron chi connectivity index (χ4n) is 4.72. The Kier molecular flexibility index (Phi) is 17.7. The van der Waals surface area contributed by atoms with Crippen molar-refractivity contribution in [1.82, 2.24) is 30.2 Å². The Balaban J connectivity index is 1.48. The van der Waals surface area contributed by atoms with Gasteiger partial charge in [-0.05, 0) is 18.9 Å². The Bertz CT molecular complexity index is 1850. The predicted octanol–water partition coefficient (Wildman–Crippen LogP) is -1.01. The van der Waals surface area contributed by atoms with Crippen molar-refractivity contribution in [2.75, 3.05) is 44.4 Å². The number of amides is 2. The van der Waals surface area contributed by atoms with Gasteiger partial charge in [-0.15, -0.1) is 0 Å². The average molecular weight is 880 g/mol. The molecule has 316 valence electrons. The normalized spacial score (nSPS) is 21.8. The third-order valence-corrected chi connectivity index (χ3v) is 11.5. The summed E-state index contributed by atoms with van der Waals surface area (Å²) in [5, 5.41) is 34.8. The number of nitrogen functional groups attached to an aromatic ring is 1. The number of fused-ring (bicyclic) bond motifs is 1. The summed E-state index contributed by atoms with van der Waals surface area (Å²) in [4.78, 5) is 87.2. The highest BCUT2D eigenvalue weighted by atomic mass is 32.2.